The summed E-state index contributed by atoms with van der Waals surface area (Å²) >= 11 is 1.65. The van der Waals surface area contributed by atoms with Crippen LogP contribution in [-0.4, -0.2) is 59.5 Å². The quantitative estimate of drug-likeness (QED) is 0.513. The smallest absolute Gasteiger partial charge is 0.251 e. The number of rotatable bonds is 8. The first-order chi connectivity index (χ1) is 14.5. The van der Waals surface area contributed by atoms with E-state index in [9.17, 15) is 4.79 Å². The number of hydrogen-bond acceptors (Lipinski definition) is 6. The van der Waals surface area contributed by atoms with Gasteiger partial charge >= 0.3 is 0 Å². The number of nitrogens with zero attached hydrogens (tertiary/aromatic N) is 4. The lowest BCUT2D eigenvalue weighted by atomic mass is 10.1. The average Bonchev–Trinajstić information content (AvgIpc) is 2.77. The van der Waals surface area contributed by atoms with E-state index in [-0.39, 0.29) is 11.9 Å². The Kier molecular flexibility index (Phi) is 8.10. The standard InChI is InChI=1S/C23H33N5OS/c1-5-20-15-21(28-13-11-27(6-2)12-14-28)26-23(25-20)30-16-18-7-9-19(10-8-18)22(29)24-17(3)4/h7-10,15,17H,5-6,11-14,16H2,1-4H3,(H,24,29). The molecule has 0 saturated carbocycles. The highest BCUT2D eigenvalue weighted by Gasteiger charge is 2.18. The van der Waals surface area contributed by atoms with Crippen LogP contribution in [-0.2, 0) is 12.2 Å². The Balaban J connectivity index is 1.64. The minimum Gasteiger partial charge on any atom is -0.354 e. The van der Waals surface area contributed by atoms with E-state index in [1.54, 1.807) is 11.8 Å². The van der Waals surface area contributed by atoms with Gasteiger partial charge in [-0.15, -0.1) is 0 Å². The number of piperazine rings is 1. The van der Waals surface area contributed by atoms with Crippen molar-refractivity contribution < 1.29 is 4.79 Å². The normalized spacial score (nSPS) is 14.9. The van der Waals surface area contributed by atoms with Crippen molar-refractivity contribution in [1.82, 2.24) is 20.2 Å². The van der Waals surface area contributed by atoms with E-state index < -0.39 is 0 Å². The SMILES string of the molecule is CCc1cc(N2CCN(CC)CC2)nc(SCc2ccc(C(=O)NC(C)C)cc2)n1. The molecule has 1 aliphatic heterocycles. The number of aryl methyl sites for hydroxylation is 1. The summed E-state index contributed by atoms with van der Waals surface area (Å²) < 4.78 is 0. The van der Waals surface area contributed by atoms with Crippen molar-refractivity contribution in [1.29, 1.82) is 0 Å². The highest BCUT2D eigenvalue weighted by molar-refractivity contribution is 7.98. The van der Waals surface area contributed by atoms with E-state index in [0.717, 1.165) is 67.1 Å². The van der Waals surface area contributed by atoms with Crippen molar-refractivity contribution in [2.75, 3.05) is 37.6 Å². The highest BCUT2D eigenvalue weighted by atomic mass is 32.2. The van der Waals surface area contributed by atoms with Gasteiger partial charge in [0.2, 0.25) is 0 Å². The maximum Gasteiger partial charge on any atom is 0.251 e. The molecule has 2 aromatic rings. The maximum absolute atomic E-state index is 12.1. The molecule has 0 radical (unpaired) electrons. The Bertz CT molecular complexity index is 832. The molecule has 7 heteroatoms. The van der Waals surface area contributed by atoms with Gasteiger partial charge in [0.15, 0.2) is 5.16 Å². The van der Waals surface area contributed by atoms with Gasteiger partial charge in [0, 0.05) is 55.3 Å². The van der Waals surface area contributed by atoms with Crippen molar-refractivity contribution in [2.45, 2.75) is 51.1 Å². The molecule has 0 bridgehead atoms. The lowest BCUT2D eigenvalue weighted by Crippen LogP contribution is -2.46. The fourth-order valence-corrected chi connectivity index (χ4v) is 4.23. The van der Waals surface area contributed by atoms with Gasteiger partial charge in [-0.2, -0.15) is 0 Å². The highest BCUT2D eigenvalue weighted by Crippen LogP contribution is 2.24. The second-order valence-corrected chi connectivity index (χ2v) is 8.83. The number of anilines is 1. The molecule has 2 heterocycles. The Morgan fingerprint density at radius 2 is 1.80 bits per heavy atom. The third-order valence-electron chi connectivity index (χ3n) is 5.25. The van der Waals surface area contributed by atoms with Crippen molar-refractivity contribution in [2.24, 2.45) is 0 Å². The monoisotopic (exact) mass is 427 g/mol. The lowest BCUT2D eigenvalue weighted by Gasteiger charge is -2.34. The Hall–Kier alpha value is -2.12. The number of thioether (sulfide) groups is 1. The second-order valence-electron chi connectivity index (χ2n) is 7.89. The third kappa shape index (κ3) is 6.19. The van der Waals surface area contributed by atoms with Crippen molar-refractivity contribution in [3.05, 3.63) is 47.2 Å². The predicted molar refractivity (Wildman–Crippen MR) is 124 cm³/mol. The molecule has 0 unspecified atom stereocenters. The van der Waals surface area contributed by atoms with Gasteiger partial charge in [-0.05, 0) is 44.5 Å². The Morgan fingerprint density at radius 1 is 1.10 bits per heavy atom. The summed E-state index contributed by atoms with van der Waals surface area (Å²) in [4.78, 5) is 26.5. The molecular formula is C23H33N5OS. The van der Waals surface area contributed by atoms with Crippen LogP contribution in [0.2, 0.25) is 0 Å². The molecule has 0 atom stereocenters. The molecule has 1 aromatic heterocycles. The van der Waals surface area contributed by atoms with Gasteiger partial charge in [-0.3, -0.25) is 4.79 Å². The van der Waals surface area contributed by atoms with Crippen molar-refractivity contribution in [3.8, 4) is 0 Å². The molecule has 6 nitrogen and oxygen atoms in total. The molecule has 1 saturated heterocycles. The largest absolute Gasteiger partial charge is 0.354 e. The zero-order valence-corrected chi connectivity index (χ0v) is 19.3. The van der Waals surface area contributed by atoms with E-state index in [0.29, 0.717) is 5.56 Å². The van der Waals surface area contributed by atoms with Gasteiger partial charge in [0.1, 0.15) is 5.82 Å². The molecule has 1 N–H and O–H groups in total. The van der Waals surface area contributed by atoms with Gasteiger partial charge in [0.25, 0.3) is 5.91 Å². The summed E-state index contributed by atoms with van der Waals surface area (Å²) in [5, 5.41) is 3.74. The van der Waals surface area contributed by atoms with Gasteiger partial charge < -0.3 is 15.1 Å². The van der Waals surface area contributed by atoms with E-state index in [1.807, 2.05) is 38.1 Å². The molecule has 0 spiro atoms. The minimum atomic E-state index is -0.0315. The average molecular weight is 428 g/mol. The van der Waals surface area contributed by atoms with Crippen LogP contribution < -0.4 is 10.2 Å². The van der Waals surface area contributed by atoms with Crippen LogP contribution >= 0.6 is 11.8 Å². The van der Waals surface area contributed by atoms with Gasteiger partial charge in [-0.25, -0.2) is 9.97 Å². The Morgan fingerprint density at radius 3 is 2.40 bits per heavy atom. The maximum atomic E-state index is 12.1. The topological polar surface area (TPSA) is 61.4 Å². The number of hydrogen-bond donors (Lipinski definition) is 1. The van der Waals surface area contributed by atoms with Crippen LogP contribution in [0.1, 0.15) is 49.3 Å². The molecular weight excluding hydrogens is 394 g/mol. The summed E-state index contributed by atoms with van der Waals surface area (Å²) in [6.45, 7) is 13.6. The predicted octanol–water partition coefficient (Wildman–Crippen LogP) is 3.61. The molecule has 1 amide bonds. The molecule has 3 rings (SSSR count). The molecule has 1 aliphatic rings. The minimum absolute atomic E-state index is 0.0315. The van der Waals surface area contributed by atoms with Crippen LogP contribution in [0.4, 0.5) is 5.82 Å². The van der Waals surface area contributed by atoms with E-state index >= 15 is 0 Å². The molecule has 162 valence electrons. The van der Waals surface area contributed by atoms with Crippen LogP contribution in [0.5, 0.6) is 0 Å². The van der Waals surface area contributed by atoms with Crippen molar-refractivity contribution >= 4 is 23.5 Å². The first-order valence-electron chi connectivity index (χ1n) is 10.9. The first-order valence-corrected chi connectivity index (χ1v) is 11.8. The fourth-order valence-electron chi connectivity index (χ4n) is 3.41. The van der Waals surface area contributed by atoms with Crippen LogP contribution in [0.25, 0.3) is 0 Å². The van der Waals surface area contributed by atoms with Gasteiger partial charge in [-0.1, -0.05) is 37.7 Å². The molecule has 1 aromatic carbocycles. The second kappa shape index (κ2) is 10.8. The zero-order valence-electron chi connectivity index (χ0n) is 18.5. The number of carbonyl (C=O) groups excluding carboxylic acids is 1. The summed E-state index contributed by atoms with van der Waals surface area (Å²) in [6, 6.07) is 10.1. The fraction of sp³-hybridized carbons (Fsp3) is 0.522. The summed E-state index contributed by atoms with van der Waals surface area (Å²) in [5.74, 6) is 1.79. The van der Waals surface area contributed by atoms with Crippen LogP contribution in [0.3, 0.4) is 0 Å². The number of benzene rings is 1. The Labute approximate surface area is 184 Å². The van der Waals surface area contributed by atoms with E-state index in [2.05, 4.69) is 35.0 Å². The van der Waals surface area contributed by atoms with E-state index in [4.69, 9.17) is 9.97 Å². The third-order valence-corrected chi connectivity index (χ3v) is 6.17. The molecule has 0 aliphatic carbocycles. The first kappa shape index (κ1) is 22.6. The van der Waals surface area contributed by atoms with Gasteiger partial charge in [0.05, 0.1) is 0 Å². The summed E-state index contributed by atoms with van der Waals surface area (Å²) in [5.41, 5.74) is 2.93. The number of likely N-dealkylation sites (N-methyl/N-ethyl adjacent to an activating group) is 1. The molecule has 30 heavy (non-hydrogen) atoms. The van der Waals surface area contributed by atoms with E-state index in [1.165, 1.54) is 0 Å². The number of aromatic nitrogens is 2. The lowest BCUT2D eigenvalue weighted by molar-refractivity contribution is 0.0943. The zero-order chi connectivity index (χ0) is 21.5. The molecule has 1 fully saturated rings. The number of carbonyl (C=O) groups is 1. The van der Waals surface area contributed by atoms with Crippen LogP contribution in [0.15, 0.2) is 35.5 Å². The number of amides is 1. The van der Waals surface area contributed by atoms with Crippen LogP contribution in [0, 0.1) is 0 Å². The summed E-state index contributed by atoms with van der Waals surface area (Å²) in [6.07, 6.45) is 0.900. The summed E-state index contributed by atoms with van der Waals surface area (Å²) in [7, 11) is 0. The van der Waals surface area contributed by atoms with Crippen molar-refractivity contribution in [3.63, 3.8) is 0 Å². The number of nitrogens with one attached hydrogen (secondary N) is 1.